The molecule has 0 saturated carbocycles. The predicted octanol–water partition coefficient (Wildman–Crippen LogP) is 2.16. The van der Waals surface area contributed by atoms with Gasteiger partial charge in [0.25, 0.3) is 0 Å². The number of ketones is 1. The smallest absolute Gasteiger partial charge is 0.194 e. The van der Waals surface area contributed by atoms with Crippen molar-refractivity contribution in [2.45, 2.75) is 19.4 Å². The first kappa shape index (κ1) is 11.8. The standard InChI is InChI=1S/C11H14O4/c1-3-10(14-15-13-2)11(12)9-7-5-4-6-8-9/h4-8,10H,3H2,1-2H3. The molecule has 0 fully saturated rings. The summed E-state index contributed by atoms with van der Waals surface area (Å²) in [6.45, 7) is 1.84. The number of rotatable bonds is 6. The second-order valence-corrected chi connectivity index (χ2v) is 2.96. The van der Waals surface area contributed by atoms with Gasteiger partial charge < -0.3 is 0 Å². The van der Waals surface area contributed by atoms with E-state index in [4.69, 9.17) is 4.89 Å². The molecule has 82 valence electrons. The minimum Gasteiger partial charge on any atom is -0.291 e. The van der Waals surface area contributed by atoms with E-state index in [1.807, 2.05) is 13.0 Å². The van der Waals surface area contributed by atoms with E-state index < -0.39 is 6.10 Å². The Morgan fingerprint density at radius 2 is 2.00 bits per heavy atom. The quantitative estimate of drug-likeness (QED) is 0.410. The molecule has 4 heteroatoms. The van der Waals surface area contributed by atoms with Crippen LogP contribution in [0.5, 0.6) is 0 Å². The molecule has 0 aliphatic carbocycles. The molecule has 0 aliphatic heterocycles. The highest BCUT2D eigenvalue weighted by Gasteiger charge is 2.20. The Hall–Kier alpha value is -1.23. The molecular weight excluding hydrogens is 196 g/mol. The number of carbonyl (C=O) groups is 1. The summed E-state index contributed by atoms with van der Waals surface area (Å²) in [5, 5.41) is 4.31. The number of carbonyl (C=O) groups excluding carboxylic acids is 1. The molecular formula is C11H14O4. The minimum absolute atomic E-state index is 0.116. The van der Waals surface area contributed by atoms with E-state index in [2.05, 4.69) is 9.93 Å². The van der Waals surface area contributed by atoms with E-state index in [1.54, 1.807) is 24.3 Å². The third-order valence-electron chi connectivity index (χ3n) is 1.95. The molecule has 1 aromatic rings. The van der Waals surface area contributed by atoms with Crippen LogP contribution in [0.25, 0.3) is 0 Å². The molecule has 0 aliphatic rings. The lowest BCUT2D eigenvalue weighted by Crippen LogP contribution is -2.23. The van der Waals surface area contributed by atoms with Gasteiger partial charge in [0.15, 0.2) is 11.9 Å². The molecule has 0 aromatic heterocycles. The van der Waals surface area contributed by atoms with E-state index in [9.17, 15) is 4.79 Å². The van der Waals surface area contributed by atoms with E-state index >= 15 is 0 Å². The highest BCUT2D eigenvalue weighted by Crippen LogP contribution is 2.09. The zero-order valence-corrected chi connectivity index (χ0v) is 8.80. The van der Waals surface area contributed by atoms with Crippen molar-refractivity contribution >= 4 is 5.78 Å². The topological polar surface area (TPSA) is 44.8 Å². The largest absolute Gasteiger partial charge is 0.291 e. The maximum Gasteiger partial charge on any atom is 0.194 e. The molecule has 15 heavy (non-hydrogen) atoms. The maximum atomic E-state index is 11.8. The van der Waals surface area contributed by atoms with Crippen LogP contribution in [0.2, 0.25) is 0 Å². The summed E-state index contributed by atoms with van der Waals surface area (Å²) in [6.07, 6.45) is -0.107. The molecule has 4 nitrogen and oxygen atoms in total. The van der Waals surface area contributed by atoms with Crippen LogP contribution in [0, 0.1) is 0 Å². The monoisotopic (exact) mass is 210 g/mol. The van der Waals surface area contributed by atoms with Gasteiger partial charge in [-0.3, -0.25) is 4.79 Å². The highest BCUT2D eigenvalue weighted by atomic mass is 17.5. The summed E-state index contributed by atoms with van der Waals surface area (Å²) in [6, 6.07) is 8.93. The van der Waals surface area contributed by atoms with Gasteiger partial charge in [-0.2, -0.15) is 4.89 Å². The minimum atomic E-state index is -0.632. The van der Waals surface area contributed by atoms with E-state index in [0.29, 0.717) is 12.0 Å². The molecule has 0 N–H and O–H groups in total. The average Bonchev–Trinajstić information content (AvgIpc) is 2.31. The third kappa shape index (κ3) is 3.43. The summed E-state index contributed by atoms with van der Waals surface area (Å²) in [7, 11) is 1.32. The Morgan fingerprint density at radius 1 is 1.33 bits per heavy atom. The van der Waals surface area contributed by atoms with Crippen LogP contribution in [-0.2, 0) is 14.8 Å². The third-order valence-corrected chi connectivity index (χ3v) is 1.95. The Morgan fingerprint density at radius 3 is 2.53 bits per heavy atom. The molecule has 0 radical (unpaired) electrons. The molecule has 0 spiro atoms. The fraction of sp³-hybridized carbons (Fsp3) is 0.364. The molecule has 1 atom stereocenters. The van der Waals surface area contributed by atoms with Gasteiger partial charge >= 0.3 is 0 Å². The van der Waals surface area contributed by atoms with Crippen LogP contribution in [-0.4, -0.2) is 19.0 Å². The molecule has 1 rings (SSSR count). The summed E-state index contributed by atoms with van der Waals surface area (Å²) >= 11 is 0. The zero-order chi connectivity index (χ0) is 11.1. The lowest BCUT2D eigenvalue weighted by Gasteiger charge is -2.11. The molecule has 1 unspecified atom stereocenters. The number of Topliss-reactive ketones (excluding diaryl/α,β-unsaturated/α-hetero) is 1. The van der Waals surface area contributed by atoms with E-state index in [1.165, 1.54) is 7.11 Å². The van der Waals surface area contributed by atoms with Crippen molar-refractivity contribution in [3.05, 3.63) is 35.9 Å². The first-order valence-electron chi connectivity index (χ1n) is 4.75. The molecule has 0 amide bonds. The normalized spacial score (nSPS) is 12.4. The van der Waals surface area contributed by atoms with Gasteiger partial charge in [-0.15, -0.1) is 0 Å². The van der Waals surface area contributed by atoms with Gasteiger partial charge in [0.1, 0.15) is 0 Å². The van der Waals surface area contributed by atoms with Crippen molar-refractivity contribution in [1.82, 2.24) is 0 Å². The van der Waals surface area contributed by atoms with Crippen molar-refractivity contribution < 1.29 is 19.6 Å². The van der Waals surface area contributed by atoms with Crippen LogP contribution < -0.4 is 0 Å². The van der Waals surface area contributed by atoms with Crippen LogP contribution in [0.1, 0.15) is 23.7 Å². The first-order chi connectivity index (χ1) is 7.29. The zero-order valence-electron chi connectivity index (χ0n) is 8.80. The van der Waals surface area contributed by atoms with Gasteiger partial charge in [0, 0.05) is 5.56 Å². The molecule has 1 aromatic carbocycles. The highest BCUT2D eigenvalue weighted by molar-refractivity contribution is 5.99. The van der Waals surface area contributed by atoms with Gasteiger partial charge in [-0.05, 0) is 6.42 Å². The summed E-state index contributed by atoms with van der Waals surface area (Å²) < 4.78 is 0. The second-order valence-electron chi connectivity index (χ2n) is 2.96. The van der Waals surface area contributed by atoms with Crippen LogP contribution in [0.3, 0.4) is 0 Å². The number of hydrogen-bond donors (Lipinski definition) is 0. The SMILES string of the molecule is CCC(OOOC)C(=O)c1ccccc1. The van der Waals surface area contributed by atoms with E-state index in [-0.39, 0.29) is 5.78 Å². The van der Waals surface area contributed by atoms with Crippen molar-refractivity contribution in [2.75, 3.05) is 7.11 Å². The lowest BCUT2D eigenvalue weighted by molar-refractivity contribution is -0.510. The Labute approximate surface area is 88.6 Å². The van der Waals surface area contributed by atoms with Crippen molar-refractivity contribution in [2.24, 2.45) is 0 Å². The fourth-order valence-electron chi connectivity index (χ4n) is 1.17. The number of benzene rings is 1. The average molecular weight is 210 g/mol. The lowest BCUT2D eigenvalue weighted by atomic mass is 10.1. The molecule has 0 heterocycles. The van der Waals surface area contributed by atoms with Gasteiger partial charge in [-0.1, -0.05) is 42.3 Å². The number of hydrogen-bond acceptors (Lipinski definition) is 4. The summed E-state index contributed by atoms with van der Waals surface area (Å²) in [5.41, 5.74) is 0.601. The van der Waals surface area contributed by atoms with Crippen LogP contribution in [0.4, 0.5) is 0 Å². The predicted molar refractivity (Wildman–Crippen MR) is 54.0 cm³/mol. The maximum absolute atomic E-state index is 11.8. The Bertz CT molecular complexity index is 297. The molecule has 0 bridgehead atoms. The first-order valence-corrected chi connectivity index (χ1v) is 4.75. The van der Waals surface area contributed by atoms with Crippen molar-refractivity contribution in [1.29, 1.82) is 0 Å². The molecule has 0 saturated heterocycles. The van der Waals surface area contributed by atoms with Gasteiger partial charge in [0.2, 0.25) is 0 Å². The van der Waals surface area contributed by atoms with Crippen LogP contribution >= 0.6 is 0 Å². The Balaban J connectivity index is 2.65. The van der Waals surface area contributed by atoms with Crippen LogP contribution in [0.15, 0.2) is 30.3 Å². The van der Waals surface area contributed by atoms with Crippen molar-refractivity contribution in [3.8, 4) is 0 Å². The van der Waals surface area contributed by atoms with Crippen molar-refractivity contribution in [3.63, 3.8) is 0 Å². The summed E-state index contributed by atoms with van der Waals surface area (Å²) in [4.78, 5) is 20.9. The Kier molecular flexibility index (Phi) is 4.97. The van der Waals surface area contributed by atoms with Gasteiger partial charge in [0.05, 0.1) is 7.11 Å². The fourth-order valence-corrected chi connectivity index (χ4v) is 1.17. The summed E-state index contributed by atoms with van der Waals surface area (Å²) in [5.74, 6) is -0.116. The second kappa shape index (κ2) is 6.29. The van der Waals surface area contributed by atoms with Gasteiger partial charge in [-0.25, -0.2) is 4.89 Å². The van der Waals surface area contributed by atoms with E-state index in [0.717, 1.165) is 0 Å².